The number of allylic oxidation sites excluding steroid dienone is 2. The molecule has 0 radical (unpaired) electrons. The van der Waals surface area contributed by atoms with E-state index in [9.17, 15) is 9.59 Å². The molecule has 2 atom stereocenters. The monoisotopic (exact) mass is 437 g/mol. The summed E-state index contributed by atoms with van der Waals surface area (Å²) in [6.45, 7) is 4.17. The van der Waals surface area contributed by atoms with Crippen LogP contribution in [0.2, 0.25) is 0 Å². The second-order valence-corrected chi connectivity index (χ2v) is 8.68. The van der Waals surface area contributed by atoms with Crippen molar-refractivity contribution in [2.75, 3.05) is 0 Å². The number of carbonyl (C=O) groups excluding carboxylic acids is 2. The Hall–Kier alpha value is -2.20. The topological polar surface area (TPSA) is 46.2 Å². The highest BCUT2D eigenvalue weighted by atomic mass is 79.9. The number of hydrogen-bond acceptors (Lipinski definition) is 2. The molecule has 0 bridgehead atoms. The molecule has 28 heavy (non-hydrogen) atoms. The number of amides is 1. The summed E-state index contributed by atoms with van der Waals surface area (Å²) in [6.07, 6.45) is 2.55. The minimum Gasteiger partial charge on any atom is -0.329 e. The van der Waals surface area contributed by atoms with Crippen LogP contribution in [-0.4, -0.2) is 11.7 Å². The number of carbonyl (C=O) groups is 2. The number of benzene rings is 2. The highest BCUT2D eigenvalue weighted by Crippen LogP contribution is 2.43. The lowest BCUT2D eigenvalue weighted by atomic mass is 9.73. The zero-order valence-electron chi connectivity index (χ0n) is 16.2. The van der Waals surface area contributed by atoms with Crippen LogP contribution in [0.3, 0.4) is 0 Å². The summed E-state index contributed by atoms with van der Waals surface area (Å²) >= 11 is 3.58. The lowest BCUT2D eigenvalue weighted by Crippen LogP contribution is -2.38. The molecule has 0 aromatic heterocycles. The number of Topliss-reactive ketones (excluding diaryl/α,β-unsaturated/α-hetero) is 1. The van der Waals surface area contributed by atoms with E-state index >= 15 is 0 Å². The van der Waals surface area contributed by atoms with Gasteiger partial charge in [0.15, 0.2) is 5.78 Å². The quantitative estimate of drug-likeness (QED) is 0.705. The molecule has 0 saturated heterocycles. The molecular weight excluding hydrogens is 414 g/mol. The van der Waals surface area contributed by atoms with E-state index in [1.807, 2.05) is 25.1 Å². The van der Waals surface area contributed by atoms with E-state index in [-0.39, 0.29) is 23.5 Å². The van der Waals surface area contributed by atoms with Gasteiger partial charge in [0.1, 0.15) is 0 Å². The van der Waals surface area contributed by atoms with Crippen molar-refractivity contribution >= 4 is 27.6 Å². The van der Waals surface area contributed by atoms with Gasteiger partial charge >= 0.3 is 0 Å². The molecule has 2 aromatic carbocycles. The van der Waals surface area contributed by atoms with Gasteiger partial charge in [-0.3, -0.25) is 9.59 Å². The fraction of sp³-hybridized carbons (Fsp3) is 0.333. The Labute approximate surface area is 174 Å². The van der Waals surface area contributed by atoms with E-state index < -0.39 is 0 Å². The van der Waals surface area contributed by atoms with Crippen molar-refractivity contribution < 1.29 is 9.59 Å². The first kappa shape index (κ1) is 19.1. The SMILES string of the molecule is CCc1ccc(C2CC(=O)C3=C(C2)NC(=O)CC3c2ccc(C)c(Br)c2)cc1. The standard InChI is InChI=1S/C24H24BrNO2/c1-3-15-5-8-16(9-6-15)18-11-21-24(22(27)12-18)19(13-23(28)26-21)17-7-4-14(2)20(25)10-17/h4-10,18-19H,3,11-13H2,1-2H3,(H,26,28). The minimum absolute atomic E-state index is 0.00442. The Bertz CT molecular complexity index is 975. The average molecular weight is 438 g/mol. The molecule has 1 aliphatic carbocycles. The number of hydrogen-bond donors (Lipinski definition) is 1. The molecule has 1 heterocycles. The van der Waals surface area contributed by atoms with Crippen molar-refractivity contribution in [2.24, 2.45) is 0 Å². The van der Waals surface area contributed by atoms with Crippen LogP contribution >= 0.6 is 15.9 Å². The van der Waals surface area contributed by atoms with Crippen molar-refractivity contribution in [3.63, 3.8) is 0 Å². The molecule has 4 heteroatoms. The Kier molecular flexibility index (Phi) is 5.24. The molecule has 2 unspecified atom stereocenters. The van der Waals surface area contributed by atoms with Gasteiger partial charge in [-0.2, -0.15) is 0 Å². The summed E-state index contributed by atoms with van der Waals surface area (Å²) in [5.74, 6) is 0.125. The fourth-order valence-corrected chi connectivity index (χ4v) is 4.73. The molecule has 4 rings (SSSR count). The lowest BCUT2D eigenvalue weighted by molar-refractivity contribution is -0.122. The van der Waals surface area contributed by atoms with Crippen molar-refractivity contribution in [2.45, 2.75) is 51.4 Å². The largest absolute Gasteiger partial charge is 0.329 e. The van der Waals surface area contributed by atoms with Crippen molar-refractivity contribution in [3.05, 3.63) is 80.5 Å². The number of ketones is 1. The van der Waals surface area contributed by atoms with E-state index in [0.29, 0.717) is 19.3 Å². The molecular formula is C24H24BrNO2. The van der Waals surface area contributed by atoms with Crippen molar-refractivity contribution in [1.29, 1.82) is 0 Å². The normalized spacial score (nSPS) is 22.1. The maximum Gasteiger partial charge on any atom is 0.225 e. The summed E-state index contributed by atoms with van der Waals surface area (Å²) in [7, 11) is 0. The van der Waals surface area contributed by atoms with E-state index in [0.717, 1.165) is 33.3 Å². The van der Waals surface area contributed by atoms with Gasteiger partial charge in [0.2, 0.25) is 5.91 Å². The predicted molar refractivity (Wildman–Crippen MR) is 114 cm³/mol. The summed E-state index contributed by atoms with van der Waals surface area (Å²) in [5, 5.41) is 3.00. The highest BCUT2D eigenvalue weighted by molar-refractivity contribution is 9.10. The maximum absolute atomic E-state index is 13.2. The highest BCUT2D eigenvalue weighted by Gasteiger charge is 2.38. The van der Waals surface area contributed by atoms with Crippen LogP contribution in [-0.2, 0) is 16.0 Å². The van der Waals surface area contributed by atoms with Gasteiger partial charge in [0, 0.05) is 34.5 Å². The molecule has 1 amide bonds. The van der Waals surface area contributed by atoms with E-state index in [4.69, 9.17) is 0 Å². The predicted octanol–water partition coefficient (Wildman–Crippen LogP) is 5.32. The smallest absolute Gasteiger partial charge is 0.225 e. The van der Waals surface area contributed by atoms with Crippen LogP contribution in [0.15, 0.2) is 58.2 Å². The fourth-order valence-electron chi connectivity index (χ4n) is 4.33. The molecule has 144 valence electrons. The van der Waals surface area contributed by atoms with Gasteiger partial charge in [-0.05, 0) is 54.0 Å². The van der Waals surface area contributed by atoms with Gasteiger partial charge < -0.3 is 5.32 Å². The van der Waals surface area contributed by atoms with E-state index in [1.165, 1.54) is 11.1 Å². The van der Waals surface area contributed by atoms with Crippen LogP contribution in [0.25, 0.3) is 0 Å². The first-order chi connectivity index (χ1) is 13.5. The zero-order chi connectivity index (χ0) is 19.8. The molecule has 0 saturated carbocycles. The molecule has 0 fully saturated rings. The van der Waals surface area contributed by atoms with Gasteiger partial charge in [0.25, 0.3) is 0 Å². The summed E-state index contributed by atoms with van der Waals surface area (Å²) in [5.41, 5.74) is 6.26. The molecule has 1 aliphatic heterocycles. The molecule has 3 nitrogen and oxygen atoms in total. The lowest BCUT2D eigenvalue weighted by Gasteiger charge is -2.34. The second-order valence-electron chi connectivity index (χ2n) is 7.83. The first-order valence-electron chi connectivity index (χ1n) is 9.87. The second kappa shape index (κ2) is 7.67. The third-order valence-corrected chi connectivity index (χ3v) is 6.85. The Morgan fingerprint density at radius 2 is 1.71 bits per heavy atom. The average Bonchev–Trinajstić information content (AvgIpc) is 2.69. The van der Waals surface area contributed by atoms with Crippen LogP contribution < -0.4 is 5.32 Å². The number of aryl methyl sites for hydroxylation is 2. The van der Waals surface area contributed by atoms with Gasteiger partial charge in [-0.1, -0.05) is 59.3 Å². The van der Waals surface area contributed by atoms with Crippen LogP contribution in [0.5, 0.6) is 0 Å². The first-order valence-corrected chi connectivity index (χ1v) is 10.7. The molecule has 2 aliphatic rings. The van der Waals surface area contributed by atoms with Gasteiger partial charge in [-0.25, -0.2) is 0 Å². The van der Waals surface area contributed by atoms with E-state index in [2.05, 4.69) is 52.4 Å². The Morgan fingerprint density at radius 1 is 1.00 bits per heavy atom. The third kappa shape index (κ3) is 3.58. The minimum atomic E-state index is -0.156. The third-order valence-electron chi connectivity index (χ3n) is 5.99. The van der Waals surface area contributed by atoms with Gasteiger partial charge in [0.05, 0.1) is 0 Å². The van der Waals surface area contributed by atoms with Crippen molar-refractivity contribution in [1.82, 2.24) is 5.32 Å². The van der Waals surface area contributed by atoms with Crippen LogP contribution in [0, 0.1) is 6.92 Å². The Balaban J connectivity index is 1.69. The molecule has 2 aromatic rings. The van der Waals surface area contributed by atoms with Crippen LogP contribution in [0.4, 0.5) is 0 Å². The Morgan fingerprint density at radius 3 is 2.39 bits per heavy atom. The number of halogens is 1. The summed E-state index contributed by atoms with van der Waals surface area (Å²) < 4.78 is 1.01. The summed E-state index contributed by atoms with van der Waals surface area (Å²) in [6, 6.07) is 14.6. The number of nitrogens with one attached hydrogen (secondary N) is 1. The van der Waals surface area contributed by atoms with Crippen LogP contribution in [0.1, 0.15) is 60.3 Å². The van der Waals surface area contributed by atoms with Gasteiger partial charge in [-0.15, -0.1) is 0 Å². The van der Waals surface area contributed by atoms with E-state index in [1.54, 1.807) is 0 Å². The van der Waals surface area contributed by atoms with Crippen molar-refractivity contribution in [3.8, 4) is 0 Å². The maximum atomic E-state index is 13.2. The number of rotatable bonds is 3. The molecule has 1 N–H and O–H groups in total. The molecule has 0 spiro atoms. The zero-order valence-corrected chi connectivity index (χ0v) is 17.8. The summed E-state index contributed by atoms with van der Waals surface area (Å²) in [4.78, 5) is 25.6.